The van der Waals surface area contributed by atoms with Gasteiger partial charge < -0.3 is 5.32 Å². The summed E-state index contributed by atoms with van der Waals surface area (Å²) < 4.78 is 0. The van der Waals surface area contributed by atoms with E-state index in [2.05, 4.69) is 5.32 Å². The van der Waals surface area contributed by atoms with Crippen LogP contribution in [0.1, 0.15) is 18.4 Å². The van der Waals surface area contributed by atoms with Gasteiger partial charge in [-0.2, -0.15) is 0 Å². The maximum absolute atomic E-state index is 6.05. The van der Waals surface area contributed by atoms with Crippen LogP contribution in [0.25, 0.3) is 0 Å². The van der Waals surface area contributed by atoms with E-state index in [-0.39, 0.29) is 0 Å². The van der Waals surface area contributed by atoms with Crippen molar-refractivity contribution in [3.63, 3.8) is 0 Å². The summed E-state index contributed by atoms with van der Waals surface area (Å²) in [7, 11) is 0. The fourth-order valence-corrected chi connectivity index (χ4v) is 2.54. The molecule has 0 bridgehead atoms. The van der Waals surface area contributed by atoms with E-state index in [1.54, 1.807) is 6.07 Å². The summed E-state index contributed by atoms with van der Waals surface area (Å²) in [6, 6.07) is 6.12. The third-order valence-corrected chi connectivity index (χ3v) is 3.62. The van der Waals surface area contributed by atoms with Crippen molar-refractivity contribution in [2.24, 2.45) is 0 Å². The van der Waals surface area contributed by atoms with Crippen LogP contribution in [0, 0.1) is 0 Å². The Morgan fingerprint density at radius 2 is 2.00 bits per heavy atom. The second kappa shape index (κ2) is 4.92. The summed E-state index contributed by atoms with van der Waals surface area (Å²) in [4.78, 5) is 0. The van der Waals surface area contributed by atoms with Gasteiger partial charge in [0.05, 0.1) is 0 Å². The van der Waals surface area contributed by atoms with Gasteiger partial charge in [0.25, 0.3) is 0 Å². The van der Waals surface area contributed by atoms with Gasteiger partial charge in [-0.1, -0.05) is 29.3 Å². The predicted molar refractivity (Wildman–Crippen MR) is 66.0 cm³/mol. The number of nitrogens with one attached hydrogen (secondary N) is 1. The molecule has 0 aliphatic heterocycles. The Morgan fingerprint density at radius 1 is 1.27 bits per heavy atom. The van der Waals surface area contributed by atoms with Crippen molar-refractivity contribution >= 4 is 34.8 Å². The van der Waals surface area contributed by atoms with Crippen molar-refractivity contribution in [1.29, 1.82) is 0 Å². The van der Waals surface area contributed by atoms with Crippen molar-refractivity contribution in [3.05, 3.63) is 33.8 Å². The first-order valence-electron chi connectivity index (χ1n) is 4.96. The third-order valence-electron chi connectivity index (χ3n) is 2.68. The molecule has 0 saturated heterocycles. The Bertz CT molecular complexity index is 348. The van der Waals surface area contributed by atoms with Gasteiger partial charge >= 0.3 is 0 Å². The molecule has 1 fully saturated rings. The minimum Gasteiger partial charge on any atom is -0.310 e. The Kier molecular flexibility index (Phi) is 3.78. The molecule has 2 rings (SSSR count). The van der Waals surface area contributed by atoms with Crippen molar-refractivity contribution in [1.82, 2.24) is 5.32 Å². The van der Waals surface area contributed by atoms with Crippen LogP contribution in [0.5, 0.6) is 0 Å². The van der Waals surface area contributed by atoms with Gasteiger partial charge in [0, 0.05) is 28.0 Å². The van der Waals surface area contributed by atoms with Crippen LogP contribution in [0.3, 0.4) is 0 Å². The van der Waals surface area contributed by atoms with Gasteiger partial charge in [-0.3, -0.25) is 0 Å². The van der Waals surface area contributed by atoms with E-state index in [1.807, 2.05) is 12.1 Å². The third kappa shape index (κ3) is 3.01. The number of rotatable bonds is 3. The lowest BCUT2D eigenvalue weighted by Crippen LogP contribution is -2.41. The maximum Gasteiger partial charge on any atom is 0.0465 e. The highest BCUT2D eigenvalue weighted by Gasteiger charge is 2.26. The molecule has 1 N–H and O–H groups in total. The highest BCUT2D eigenvalue weighted by molar-refractivity contribution is 6.35. The Hall–Kier alpha value is 0.0500. The summed E-state index contributed by atoms with van der Waals surface area (Å²) in [5.74, 6) is 0. The Labute approximate surface area is 105 Å². The van der Waals surface area contributed by atoms with Gasteiger partial charge in [-0.25, -0.2) is 0 Å². The molecule has 1 nitrogen and oxygen atoms in total. The lowest BCUT2D eigenvalue weighted by atomic mass is 9.92. The van der Waals surface area contributed by atoms with Crippen LogP contribution in [0.4, 0.5) is 0 Å². The molecule has 0 radical (unpaired) electrons. The zero-order valence-electron chi connectivity index (χ0n) is 8.14. The van der Waals surface area contributed by atoms with Crippen LogP contribution in [-0.4, -0.2) is 11.4 Å². The van der Waals surface area contributed by atoms with Gasteiger partial charge in [-0.05, 0) is 30.5 Å². The molecule has 0 aromatic heterocycles. The lowest BCUT2D eigenvalue weighted by molar-refractivity contribution is 0.345. The van der Waals surface area contributed by atoms with Crippen LogP contribution in [-0.2, 0) is 6.54 Å². The molecule has 0 unspecified atom stereocenters. The largest absolute Gasteiger partial charge is 0.310 e. The fourth-order valence-electron chi connectivity index (χ4n) is 1.63. The molecule has 1 aromatic rings. The monoisotopic (exact) mass is 263 g/mol. The van der Waals surface area contributed by atoms with E-state index in [1.165, 1.54) is 0 Å². The summed E-state index contributed by atoms with van der Waals surface area (Å²) in [6.07, 6.45) is 2.10. The summed E-state index contributed by atoms with van der Waals surface area (Å²) >= 11 is 17.8. The minimum absolute atomic E-state index is 0.350. The first kappa shape index (κ1) is 11.5. The fraction of sp³-hybridized carbons (Fsp3) is 0.455. The SMILES string of the molecule is Clc1ccc(CNC2CC(Cl)C2)c(Cl)c1. The zero-order chi connectivity index (χ0) is 10.8. The molecule has 0 spiro atoms. The van der Waals surface area contributed by atoms with Gasteiger partial charge in [0.2, 0.25) is 0 Å². The zero-order valence-corrected chi connectivity index (χ0v) is 10.4. The molecule has 0 atom stereocenters. The normalized spacial score (nSPS) is 25.0. The van der Waals surface area contributed by atoms with Crippen LogP contribution in [0.2, 0.25) is 10.0 Å². The van der Waals surface area contributed by atoms with Gasteiger partial charge in [-0.15, -0.1) is 11.6 Å². The topological polar surface area (TPSA) is 12.0 Å². The second-order valence-corrected chi connectivity index (χ2v) is 5.34. The number of hydrogen-bond acceptors (Lipinski definition) is 1. The number of halogens is 3. The summed E-state index contributed by atoms with van der Waals surface area (Å²) in [5.41, 5.74) is 1.08. The highest BCUT2D eigenvalue weighted by Crippen LogP contribution is 2.26. The molecule has 15 heavy (non-hydrogen) atoms. The average Bonchev–Trinajstić information content (AvgIpc) is 2.13. The van der Waals surface area contributed by atoms with E-state index in [0.29, 0.717) is 16.4 Å². The van der Waals surface area contributed by atoms with Crippen molar-refractivity contribution < 1.29 is 0 Å². The molecule has 0 amide bonds. The van der Waals surface area contributed by atoms with E-state index in [0.717, 1.165) is 30.0 Å². The predicted octanol–water partition coefficient (Wildman–Crippen LogP) is 3.85. The summed E-state index contributed by atoms with van der Waals surface area (Å²) in [5, 5.41) is 5.16. The smallest absolute Gasteiger partial charge is 0.0465 e. The molecule has 1 saturated carbocycles. The number of hydrogen-bond donors (Lipinski definition) is 1. The van der Waals surface area contributed by atoms with E-state index in [4.69, 9.17) is 34.8 Å². The minimum atomic E-state index is 0.350. The second-order valence-electron chi connectivity index (χ2n) is 3.88. The first-order valence-corrected chi connectivity index (χ1v) is 6.16. The van der Waals surface area contributed by atoms with Crippen LogP contribution < -0.4 is 5.32 Å². The lowest BCUT2D eigenvalue weighted by Gasteiger charge is -2.31. The maximum atomic E-state index is 6.05. The van der Waals surface area contributed by atoms with Crippen molar-refractivity contribution in [2.45, 2.75) is 30.8 Å². The molecular formula is C11H12Cl3N. The van der Waals surface area contributed by atoms with E-state index < -0.39 is 0 Å². The van der Waals surface area contributed by atoms with Crippen LogP contribution >= 0.6 is 34.8 Å². The first-order chi connectivity index (χ1) is 7.15. The molecule has 1 aliphatic carbocycles. The number of alkyl halides is 1. The molecule has 82 valence electrons. The molecule has 1 aliphatic rings. The van der Waals surface area contributed by atoms with Crippen molar-refractivity contribution in [3.8, 4) is 0 Å². The quantitative estimate of drug-likeness (QED) is 0.818. The van der Waals surface area contributed by atoms with Crippen molar-refractivity contribution in [2.75, 3.05) is 0 Å². The molecule has 0 heterocycles. The molecular weight excluding hydrogens is 252 g/mol. The Balaban J connectivity index is 1.88. The van der Waals surface area contributed by atoms with Gasteiger partial charge in [0.1, 0.15) is 0 Å². The van der Waals surface area contributed by atoms with Gasteiger partial charge in [0.15, 0.2) is 0 Å². The number of benzene rings is 1. The van der Waals surface area contributed by atoms with E-state index >= 15 is 0 Å². The Morgan fingerprint density at radius 3 is 2.60 bits per heavy atom. The average molecular weight is 265 g/mol. The summed E-state index contributed by atoms with van der Waals surface area (Å²) in [6.45, 7) is 0.782. The highest BCUT2D eigenvalue weighted by atomic mass is 35.5. The van der Waals surface area contributed by atoms with Crippen LogP contribution in [0.15, 0.2) is 18.2 Å². The standard InChI is InChI=1S/C11H12Cl3N/c12-8-2-1-7(11(14)5-8)6-15-10-3-9(13)4-10/h1-2,5,9-10,15H,3-4,6H2. The van der Waals surface area contributed by atoms with E-state index in [9.17, 15) is 0 Å². The molecule has 4 heteroatoms. The molecule has 1 aromatic carbocycles.